The van der Waals surface area contributed by atoms with E-state index in [0.29, 0.717) is 5.75 Å². The van der Waals surface area contributed by atoms with Gasteiger partial charge in [0.05, 0.1) is 19.6 Å². The van der Waals surface area contributed by atoms with E-state index in [2.05, 4.69) is 4.98 Å². The first-order valence-corrected chi connectivity index (χ1v) is 11.1. The van der Waals surface area contributed by atoms with Crippen molar-refractivity contribution < 1.29 is 19.1 Å². The fourth-order valence-corrected chi connectivity index (χ4v) is 3.47. The second-order valence-corrected chi connectivity index (χ2v) is 7.78. The molecule has 3 N–H and O–H groups in total. The van der Waals surface area contributed by atoms with Crippen LogP contribution in [0.4, 0.5) is 11.5 Å². The summed E-state index contributed by atoms with van der Waals surface area (Å²) in [6.45, 7) is 3.25. The minimum absolute atomic E-state index is 0.0575. The highest BCUT2D eigenvalue weighted by molar-refractivity contribution is 5.97. The molecule has 0 saturated heterocycles. The fourth-order valence-electron chi connectivity index (χ4n) is 3.47. The lowest BCUT2D eigenvalue weighted by Crippen LogP contribution is -2.42. The number of aromatic nitrogens is 2. The average molecular weight is 481 g/mol. The van der Waals surface area contributed by atoms with E-state index in [1.54, 1.807) is 13.0 Å². The molecule has 0 saturated carbocycles. The molecular weight excluding hydrogens is 452 g/mol. The van der Waals surface area contributed by atoms with E-state index in [4.69, 9.17) is 15.2 Å². The second-order valence-electron chi connectivity index (χ2n) is 7.78. The number of rotatable bonds is 10. The Balaban J connectivity index is 1.65. The molecule has 0 atom stereocenters. The Morgan fingerprint density at radius 3 is 2.51 bits per heavy atom. The first kappa shape index (κ1) is 25.3. The summed E-state index contributed by atoms with van der Waals surface area (Å²) in [5.41, 5.74) is 6.31. The van der Waals surface area contributed by atoms with Gasteiger partial charge in [0.25, 0.3) is 11.5 Å². The summed E-state index contributed by atoms with van der Waals surface area (Å²) in [5, 5.41) is 0. The molecule has 1 heterocycles. The van der Waals surface area contributed by atoms with Gasteiger partial charge in [0, 0.05) is 6.54 Å². The summed E-state index contributed by atoms with van der Waals surface area (Å²) in [4.78, 5) is 53.1. The summed E-state index contributed by atoms with van der Waals surface area (Å²) in [6.07, 6.45) is -0.0575. The third-order valence-electron chi connectivity index (χ3n) is 5.21. The number of ether oxygens (including phenoxy) is 2. The normalized spacial score (nSPS) is 10.6. The molecule has 0 fully saturated rings. The van der Waals surface area contributed by atoms with Gasteiger partial charge in [-0.3, -0.25) is 23.9 Å². The van der Waals surface area contributed by atoms with E-state index in [1.165, 1.54) is 4.57 Å². The van der Waals surface area contributed by atoms with Crippen LogP contribution in [0.1, 0.15) is 24.5 Å². The molecule has 0 aliphatic heterocycles. The van der Waals surface area contributed by atoms with Crippen LogP contribution >= 0.6 is 0 Å². The van der Waals surface area contributed by atoms with Crippen molar-refractivity contribution in [3.05, 3.63) is 86.6 Å². The Morgan fingerprint density at radius 2 is 1.83 bits per heavy atom. The number of nitrogen functional groups attached to an aromatic ring is 1. The number of H-pyrrole nitrogens is 1. The van der Waals surface area contributed by atoms with Gasteiger partial charge < -0.3 is 20.1 Å². The summed E-state index contributed by atoms with van der Waals surface area (Å²) in [5.74, 6) is -0.803. The molecule has 1 aromatic heterocycles. The lowest BCUT2D eigenvalue weighted by atomic mass is 10.2. The summed E-state index contributed by atoms with van der Waals surface area (Å²) < 4.78 is 11.8. The van der Waals surface area contributed by atoms with Gasteiger partial charge in [0.1, 0.15) is 11.6 Å². The van der Waals surface area contributed by atoms with Gasteiger partial charge in [-0.25, -0.2) is 4.79 Å². The molecule has 184 valence electrons. The van der Waals surface area contributed by atoms with Crippen LogP contribution in [0.3, 0.4) is 0 Å². The van der Waals surface area contributed by atoms with E-state index < -0.39 is 29.7 Å². The zero-order valence-electron chi connectivity index (χ0n) is 19.7. The Kier molecular flexibility index (Phi) is 8.44. The van der Waals surface area contributed by atoms with E-state index in [-0.39, 0.29) is 37.6 Å². The smallest absolute Gasteiger partial charge is 0.330 e. The molecule has 0 radical (unpaired) electrons. The molecule has 0 aliphatic rings. The number of nitrogens with one attached hydrogen (secondary N) is 1. The number of benzene rings is 2. The minimum Gasteiger partial charge on any atom is -0.493 e. The summed E-state index contributed by atoms with van der Waals surface area (Å²) in [7, 11) is 0. The molecule has 0 aliphatic carbocycles. The number of carbonyl (C=O) groups is 2. The maximum atomic E-state index is 12.8. The topological polar surface area (TPSA) is 137 Å². The number of nitrogens with two attached hydrogens (primary N) is 1. The molecule has 0 unspecified atom stereocenters. The van der Waals surface area contributed by atoms with Crippen molar-refractivity contribution >= 4 is 23.4 Å². The van der Waals surface area contributed by atoms with Crippen LogP contribution in [-0.4, -0.2) is 41.2 Å². The van der Waals surface area contributed by atoms with Crippen molar-refractivity contribution in [1.82, 2.24) is 9.55 Å². The number of amides is 1. The summed E-state index contributed by atoms with van der Waals surface area (Å²) >= 11 is 0. The van der Waals surface area contributed by atoms with Gasteiger partial charge in [0.2, 0.25) is 0 Å². The molecule has 3 aromatic rings. The third kappa shape index (κ3) is 6.59. The van der Waals surface area contributed by atoms with Gasteiger partial charge in [-0.1, -0.05) is 42.5 Å². The maximum Gasteiger partial charge on any atom is 0.330 e. The highest BCUT2D eigenvalue weighted by Crippen LogP contribution is 2.18. The van der Waals surface area contributed by atoms with Crippen LogP contribution in [0.15, 0.2) is 64.2 Å². The van der Waals surface area contributed by atoms with Crippen LogP contribution in [0, 0.1) is 6.92 Å². The molecule has 0 bridgehead atoms. The Hall–Kier alpha value is -4.34. The molecule has 10 heteroatoms. The first-order valence-electron chi connectivity index (χ1n) is 11.1. The number of aromatic amines is 1. The number of hydrogen-bond donors (Lipinski definition) is 2. The Bertz CT molecular complexity index is 1300. The lowest BCUT2D eigenvalue weighted by molar-refractivity contribution is -0.148. The van der Waals surface area contributed by atoms with Crippen LogP contribution < -0.4 is 26.6 Å². The zero-order valence-corrected chi connectivity index (χ0v) is 19.7. The fraction of sp³-hybridized carbons (Fsp3) is 0.280. The standard InChI is InChI=1S/C25H28N4O6/c1-3-28(20(30)16-35-21(31)12-13-34-19-11-7-8-17(2)14-19)22-23(26)29(25(33)27-24(22)32)15-18-9-5-4-6-10-18/h4-11,14H,3,12-13,15-16,26H2,1-2H3,(H,27,32,33). The molecule has 1 amide bonds. The van der Waals surface area contributed by atoms with Crippen LogP contribution in [0.5, 0.6) is 5.75 Å². The van der Waals surface area contributed by atoms with Gasteiger partial charge >= 0.3 is 11.7 Å². The minimum atomic E-state index is -0.801. The Morgan fingerprint density at radius 1 is 1.09 bits per heavy atom. The zero-order chi connectivity index (χ0) is 25.4. The predicted octanol–water partition coefficient (Wildman–Crippen LogP) is 1.84. The number of esters is 1. The molecule has 10 nitrogen and oxygen atoms in total. The highest BCUT2D eigenvalue weighted by atomic mass is 16.5. The molecule has 35 heavy (non-hydrogen) atoms. The second kappa shape index (κ2) is 11.7. The quantitative estimate of drug-likeness (QED) is 0.423. The Labute approximate surface area is 201 Å². The highest BCUT2D eigenvalue weighted by Gasteiger charge is 2.24. The maximum absolute atomic E-state index is 12.8. The van der Waals surface area contributed by atoms with Crippen LogP contribution in [0.25, 0.3) is 0 Å². The first-order chi connectivity index (χ1) is 16.8. The van der Waals surface area contributed by atoms with Crippen molar-refractivity contribution in [2.75, 3.05) is 30.4 Å². The number of anilines is 2. The molecule has 3 rings (SSSR count). The number of aryl methyl sites for hydroxylation is 1. The van der Waals surface area contributed by atoms with E-state index >= 15 is 0 Å². The van der Waals surface area contributed by atoms with Gasteiger partial charge in [0.15, 0.2) is 12.3 Å². The van der Waals surface area contributed by atoms with Gasteiger partial charge in [-0.15, -0.1) is 0 Å². The van der Waals surface area contributed by atoms with Crippen molar-refractivity contribution in [1.29, 1.82) is 0 Å². The van der Waals surface area contributed by atoms with E-state index in [0.717, 1.165) is 16.0 Å². The van der Waals surface area contributed by atoms with E-state index in [1.807, 2.05) is 55.5 Å². The van der Waals surface area contributed by atoms with Gasteiger partial charge in [-0.2, -0.15) is 0 Å². The van der Waals surface area contributed by atoms with E-state index in [9.17, 15) is 19.2 Å². The monoisotopic (exact) mass is 480 g/mol. The van der Waals surface area contributed by atoms with Crippen molar-refractivity contribution in [2.24, 2.45) is 0 Å². The molecule has 0 spiro atoms. The van der Waals surface area contributed by atoms with Crippen LogP contribution in [-0.2, 0) is 20.9 Å². The largest absolute Gasteiger partial charge is 0.493 e. The molecular formula is C25H28N4O6. The van der Waals surface area contributed by atoms with Crippen LogP contribution in [0.2, 0.25) is 0 Å². The van der Waals surface area contributed by atoms with Gasteiger partial charge in [-0.05, 0) is 37.1 Å². The number of hydrogen-bond acceptors (Lipinski definition) is 7. The average Bonchev–Trinajstić information content (AvgIpc) is 2.83. The molecule has 2 aromatic carbocycles. The number of likely N-dealkylation sites (N-methyl/N-ethyl adjacent to an activating group) is 1. The summed E-state index contributed by atoms with van der Waals surface area (Å²) in [6, 6.07) is 16.5. The van der Waals surface area contributed by atoms with Crippen molar-refractivity contribution in [3.63, 3.8) is 0 Å². The predicted molar refractivity (Wildman–Crippen MR) is 132 cm³/mol. The van der Waals surface area contributed by atoms with Crippen molar-refractivity contribution in [3.8, 4) is 5.75 Å². The lowest BCUT2D eigenvalue weighted by Gasteiger charge is -2.23. The third-order valence-corrected chi connectivity index (χ3v) is 5.21. The SMILES string of the molecule is CCN(C(=O)COC(=O)CCOc1cccc(C)c1)c1c(N)n(Cc2ccccc2)c(=O)[nH]c1=O. The number of nitrogens with zero attached hydrogens (tertiary/aromatic N) is 2. The number of carbonyl (C=O) groups excluding carboxylic acids is 2. The van der Waals surface area contributed by atoms with Crippen molar-refractivity contribution in [2.45, 2.75) is 26.8 Å².